The predicted octanol–water partition coefficient (Wildman–Crippen LogP) is 4.58. The van der Waals surface area contributed by atoms with Crippen molar-refractivity contribution in [2.75, 3.05) is 0 Å². The van der Waals surface area contributed by atoms with Crippen LogP contribution in [0.25, 0.3) is 0 Å². The lowest BCUT2D eigenvalue weighted by molar-refractivity contribution is -0.137. The fourth-order valence-electron chi connectivity index (χ4n) is 3.15. The van der Waals surface area contributed by atoms with Crippen LogP contribution in [0, 0.1) is 0 Å². The Morgan fingerprint density at radius 3 is 2.36 bits per heavy atom. The number of nitrogens with zero attached hydrogens (tertiary/aromatic N) is 2. The second-order valence-electron chi connectivity index (χ2n) is 6.60. The molecule has 0 bridgehead atoms. The average molecular weight is 376 g/mol. The van der Waals surface area contributed by atoms with Gasteiger partial charge < -0.3 is 10.3 Å². The lowest BCUT2D eigenvalue weighted by Crippen LogP contribution is -2.34. The van der Waals surface area contributed by atoms with Gasteiger partial charge in [0.2, 0.25) is 5.89 Å². The SMILES string of the molecule is CC(Cc1nc(C2(N)CCCC2)no1)c1ccc(C(F)(F)F)cc1.Cl. The summed E-state index contributed by atoms with van der Waals surface area (Å²) in [6.45, 7) is 1.92. The van der Waals surface area contributed by atoms with Gasteiger partial charge in [0.25, 0.3) is 0 Å². The van der Waals surface area contributed by atoms with Gasteiger partial charge in [-0.1, -0.05) is 37.1 Å². The third kappa shape index (κ3) is 4.33. The summed E-state index contributed by atoms with van der Waals surface area (Å²) in [6, 6.07) is 5.18. The van der Waals surface area contributed by atoms with Crippen LogP contribution in [0.3, 0.4) is 0 Å². The summed E-state index contributed by atoms with van der Waals surface area (Å²) < 4.78 is 43.1. The number of benzene rings is 1. The second-order valence-corrected chi connectivity index (χ2v) is 6.60. The molecule has 3 rings (SSSR count). The Hall–Kier alpha value is -1.60. The Balaban J connectivity index is 0.00000225. The highest BCUT2D eigenvalue weighted by Crippen LogP contribution is 2.35. The molecule has 1 heterocycles. The zero-order chi connectivity index (χ0) is 17.4. The maximum Gasteiger partial charge on any atom is 0.416 e. The molecule has 0 aliphatic heterocycles. The van der Waals surface area contributed by atoms with E-state index in [1.807, 2.05) is 6.92 Å². The molecule has 25 heavy (non-hydrogen) atoms. The normalized spacial score (nSPS) is 18.0. The van der Waals surface area contributed by atoms with Crippen LogP contribution in [0.1, 0.15) is 61.4 Å². The molecule has 2 aromatic rings. The van der Waals surface area contributed by atoms with E-state index in [-0.39, 0.29) is 18.3 Å². The lowest BCUT2D eigenvalue weighted by Gasteiger charge is -2.17. The van der Waals surface area contributed by atoms with Crippen molar-refractivity contribution in [1.29, 1.82) is 0 Å². The van der Waals surface area contributed by atoms with Gasteiger partial charge in [-0.25, -0.2) is 0 Å². The molecular formula is C17H21ClF3N3O. The van der Waals surface area contributed by atoms with E-state index in [0.717, 1.165) is 43.4 Å². The van der Waals surface area contributed by atoms with Gasteiger partial charge in [0, 0.05) is 6.42 Å². The zero-order valence-corrected chi connectivity index (χ0v) is 14.7. The highest BCUT2D eigenvalue weighted by molar-refractivity contribution is 5.85. The fraction of sp³-hybridized carbons (Fsp3) is 0.529. The minimum absolute atomic E-state index is 0. The van der Waals surface area contributed by atoms with E-state index in [0.29, 0.717) is 18.1 Å². The molecule has 4 nitrogen and oxygen atoms in total. The maximum atomic E-state index is 12.6. The summed E-state index contributed by atoms with van der Waals surface area (Å²) in [6.07, 6.45) is -0.0418. The van der Waals surface area contributed by atoms with Gasteiger partial charge >= 0.3 is 6.18 Å². The fourth-order valence-corrected chi connectivity index (χ4v) is 3.15. The van der Waals surface area contributed by atoms with Crippen molar-refractivity contribution < 1.29 is 17.7 Å². The van der Waals surface area contributed by atoms with Crippen LogP contribution < -0.4 is 5.73 Å². The number of hydrogen-bond acceptors (Lipinski definition) is 4. The molecular weight excluding hydrogens is 355 g/mol. The Labute approximate surface area is 150 Å². The minimum atomic E-state index is -4.32. The monoisotopic (exact) mass is 375 g/mol. The number of rotatable bonds is 4. The van der Waals surface area contributed by atoms with E-state index in [9.17, 15) is 13.2 Å². The quantitative estimate of drug-likeness (QED) is 0.849. The van der Waals surface area contributed by atoms with Crippen LogP contribution in [0.5, 0.6) is 0 Å². The Kier molecular flexibility index (Phi) is 5.79. The van der Waals surface area contributed by atoms with E-state index in [2.05, 4.69) is 10.1 Å². The van der Waals surface area contributed by atoms with Gasteiger partial charge in [-0.2, -0.15) is 18.2 Å². The number of alkyl halides is 3. The summed E-state index contributed by atoms with van der Waals surface area (Å²) in [5.41, 5.74) is 5.95. The molecule has 1 aliphatic rings. The molecule has 2 N–H and O–H groups in total. The van der Waals surface area contributed by atoms with Crippen LogP contribution >= 0.6 is 12.4 Å². The van der Waals surface area contributed by atoms with E-state index >= 15 is 0 Å². The third-order valence-electron chi connectivity index (χ3n) is 4.70. The standard InChI is InChI=1S/C17H20F3N3O.ClH/c1-11(12-4-6-13(7-5-12)17(18,19)20)10-14-22-15(23-24-14)16(21)8-2-3-9-16;/h4-7,11H,2-3,8-10,21H2,1H3;1H. The van der Waals surface area contributed by atoms with Crippen molar-refractivity contribution >= 4 is 12.4 Å². The van der Waals surface area contributed by atoms with Gasteiger partial charge in [-0.05, 0) is 36.5 Å². The minimum Gasteiger partial charge on any atom is -0.339 e. The van der Waals surface area contributed by atoms with Gasteiger partial charge in [0.1, 0.15) is 0 Å². The zero-order valence-electron chi connectivity index (χ0n) is 13.8. The molecule has 1 aromatic heterocycles. The number of aromatic nitrogens is 2. The molecule has 1 aliphatic carbocycles. The first-order valence-corrected chi connectivity index (χ1v) is 8.07. The summed E-state index contributed by atoms with van der Waals surface area (Å²) in [5.74, 6) is 0.974. The first kappa shape index (κ1) is 19.7. The topological polar surface area (TPSA) is 64.9 Å². The van der Waals surface area contributed by atoms with E-state index in [1.165, 1.54) is 12.1 Å². The molecule has 1 saturated carbocycles. The summed E-state index contributed by atoms with van der Waals surface area (Å²) in [7, 11) is 0. The molecule has 8 heteroatoms. The van der Waals surface area contributed by atoms with Crippen molar-refractivity contribution in [3.05, 3.63) is 47.1 Å². The van der Waals surface area contributed by atoms with Crippen LogP contribution in [-0.2, 0) is 18.1 Å². The first-order chi connectivity index (χ1) is 11.3. The summed E-state index contributed by atoms with van der Waals surface area (Å²) >= 11 is 0. The third-order valence-corrected chi connectivity index (χ3v) is 4.70. The molecule has 0 radical (unpaired) electrons. The van der Waals surface area contributed by atoms with Crippen LogP contribution in [0.2, 0.25) is 0 Å². The van der Waals surface area contributed by atoms with Crippen LogP contribution in [-0.4, -0.2) is 10.1 Å². The van der Waals surface area contributed by atoms with Crippen molar-refractivity contribution in [3.63, 3.8) is 0 Å². The van der Waals surface area contributed by atoms with Gasteiger partial charge in [0.15, 0.2) is 5.82 Å². The predicted molar refractivity (Wildman–Crippen MR) is 89.4 cm³/mol. The molecule has 1 aromatic carbocycles. The summed E-state index contributed by atoms with van der Waals surface area (Å²) in [4.78, 5) is 4.40. The Bertz CT molecular complexity index is 694. The Morgan fingerprint density at radius 2 is 1.80 bits per heavy atom. The maximum absolute atomic E-state index is 12.6. The van der Waals surface area contributed by atoms with E-state index in [4.69, 9.17) is 10.3 Å². The Morgan fingerprint density at radius 1 is 1.20 bits per heavy atom. The van der Waals surface area contributed by atoms with E-state index in [1.54, 1.807) is 0 Å². The average Bonchev–Trinajstić information content (AvgIpc) is 3.17. The van der Waals surface area contributed by atoms with Crippen molar-refractivity contribution in [3.8, 4) is 0 Å². The van der Waals surface area contributed by atoms with Crippen LogP contribution in [0.15, 0.2) is 28.8 Å². The molecule has 0 spiro atoms. The lowest BCUT2D eigenvalue weighted by atomic mass is 9.96. The van der Waals surface area contributed by atoms with Crippen LogP contribution in [0.4, 0.5) is 13.2 Å². The van der Waals surface area contributed by atoms with Crippen molar-refractivity contribution in [2.24, 2.45) is 5.73 Å². The van der Waals surface area contributed by atoms with Gasteiger partial charge in [-0.15, -0.1) is 12.4 Å². The first-order valence-electron chi connectivity index (χ1n) is 8.07. The highest BCUT2D eigenvalue weighted by Gasteiger charge is 2.36. The van der Waals surface area contributed by atoms with Crippen molar-refractivity contribution in [1.82, 2.24) is 10.1 Å². The highest BCUT2D eigenvalue weighted by atomic mass is 35.5. The number of halogens is 4. The number of hydrogen-bond donors (Lipinski definition) is 1. The summed E-state index contributed by atoms with van der Waals surface area (Å²) in [5, 5.41) is 4.00. The molecule has 1 unspecified atom stereocenters. The van der Waals surface area contributed by atoms with Crippen molar-refractivity contribution in [2.45, 2.75) is 56.7 Å². The largest absolute Gasteiger partial charge is 0.416 e. The molecule has 0 amide bonds. The molecule has 1 fully saturated rings. The molecule has 1 atom stereocenters. The molecule has 0 saturated heterocycles. The molecule has 138 valence electrons. The van der Waals surface area contributed by atoms with Gasteiger partial charge in [-0.3, -0.25) is 0 Å². The van der Waals surface area contributed by atoms with Gasteiger partial charge in [0.05, 0.1) is 11.1 Å². The number of nitrogens with two attached hydrogens (primary N) is 1. The second kappa shape index (κ2) is 7.33. The van der Waals surface area contributed by atoms with E-state index < -0.39 is 17.3 Å². The smallest absolute Gasteiger partial charge is 0.339 e.